The molecule has 6 nitrogen and oxygen atoms in total. The number of hydrogen-bond donors (Lipinski definition) is 2. The summed E-state index contributed by atoms with van der Waals surface area (Å²) in [6.45, 7) is 3.65. The summed E-state index contributed by atoms with van der Waals surface area (Å²) in [5, 5.41) is 11.9. The lowest BCUT2D eigenvalue weighted by Gasteiger charge is -2.19. The largest absolute Gasteiger partial charge is 0.477 e. The molecule has 0 amide bonds. The molecule has 1 aliphatic heterocycles. The van der Waals surface area contributed by atoms with E-state index in [0.29, 0.717) is 24.1 Å². The van der Waals surface area contributed by atoms with E-state index in [-0.39, 0.29) is 5.84 Å². The van der Waals surface area contributed by atoms with Crippen LogP contribution < -0.4 is 10.5 Å². The fourth-order valence-corrected chi connectivity index (χ4v) is 2.75. The van der Waals surface area contributed by atoms with Crippen LogP contribution in [0.5, 0.6) is 5.88 Å². The molecule has 3 N–H and O–H groups in total. The van der Waals surface area contributed by atoms with Gasteiger partial charge in [0.15, 0.2) is 0 Å². The van der Waals surface area contributed by atoms with Gasteiger partial charge in [-0.2, -0.15) is 5.10 Å². The van der Waals surface area contributed by atoms with E-state index in [2.05, 4.69) is 17.0 Å². The highest BCUT2D eigenvalue weighted by Gasteiger charge is 2.22. The standard InChI is InChI=1S/C13H23N5O/c1-9-11(12(14)15)13(18(3)16-9)19-8-6-10-5-4-7-17(10)2/h10H,4-8H2,1-3H3,(H3,14,15). The Morgan fingerprint density at radius 3 is 2.84 bits per heavy atom. The first-order valence-electron chi connectivity index (χ1n) is 6.71. The van der Waals surface area contributed by atoms with Gasteiger partial charge in [0, 0.05) is 13.1 Å². The minimum atomic E-state index is 0.0126. The average Bonchev–Trinajstić information content (AvgIpc) is 2.84. The number of aromatic nitrogens is 2. The van der Waals surface area contributed by atoms with Gasteiger partial charge >= 0.3 is 0 Å². The van der Waals surface area contributed by atoms with E-state index >= 15 is 0 Å². The third-order valence-corrected chi connectivity index (χ3v) is 3.80. The summed E-state index contributed by atoms with van der Waals surface area (Å²) >= 11 is 0. The second kappa shape index (κ2) is 5.61. The maximum Gasteiger partial charge on any atom is 0.223 e. The van der Waals surface area contributed by atoms with Crippen LogP contribution >= 0.6 is 0 Å². The van der Waals surface area contributed by atoms with Crippen LogP contribution in [0.3, 0.4) is 0 Å². The molecule has 0 aliphatic carbocycles. The van der Waals surface area contributed by atoms with E-state index in [0.717, 1.165) is 12.1 Å². The van der Waals surface area contributed by atoms with Crippen molar-refractivity contribution in [1.29, 1.82) is 5.41 Å². The molecule has 2 rings (SSSR count). The predicted octanol–water partition coefficient (Wildman–Crippen LogP) is 0.876. The van der Waals surface area contributed by atoms with E-state index in [1.165, 1.54) is 19.4 Å². The lowest BCUT2D eigenvalue weighted by atomic mass is 10.1. The fourth-order valence-electron chi connectivity index (χ4n) is 2.75. The third kappa shape index (κ3) is 2.89. The number of likely N-dealkylation sites (tertiary alicyclic amines) is 1. The Morgan fingerprint density at radius 1 is 1.53 bits per heavy atom. The fraction of sp³-hybridized carbons (Fsp3) is 0.692. The van der Waals surface area contributed by atoms with Gasteiger partial charge in [-0.05, 0) is 39.8 Å². The zero-order valence-corrected chi connectivity index (χ0v) is 11.9. The van der Waals surface area contributed by atoms with Crippen molar-refractivity contribution in [3.05, 3.63) is 11.3 Å². The Balaban J connectivity index is 1.97. The summed E-state index contributed by atoms with van der Waals surface area (Å²) in [6, 6.07) is 0.607. The number of ether oxygens (including phenoxy) is 1. The van der Waals surface area contributed by atoms with Crippen LogP contribution in [-0.4, -0.2) is 46.8 Å². The second-order valence-electron chi connectivity index (χ2n) is 5.22. The molecular formula is C13H23N5O. The first kappa shape index (κ1) is 13.9. The minimum Gasteiger partial charge on any atom is -0.477 e. The molecule has 0 bridgehead atoms. The van der Waals surface area contributed by atoms with Crippen LogP contribution in [0.4, 0.5) is 0 Å². The van der Waals surface area contributed by atoms with Gasteiger partial charge in [-0.1, -0.05) is 0 Å². The SMILES string of the molecule is Cc1nn(C)c(OCCC2CCCN2C)c1C(=N)N. The number of rotatable bonds is 5. The smallest absolute Gasteiger partial charge is 0.223 e. The summed E-state index contributed by atoms with van der Waals surface area (Å²) in [5.41, 5.74) is 6.94. The topological polar surface area (TPSA) is 80.2 Å². The molecule has 1 fully saturated rings. The molecule has 19 heavy (non-hydrogen) atoms. The van der Waals surface area contributed by atoms with Crippen molar-refractivity contribution in [3.8, 4) is 5.88 Å². The molecule has 6 heteroatoms. The zero-order valence-electron chi connectivity index (χ0n) is 11.9. The van der Waals surface area contributed by atoms with Crippen LogP contribution in [0.1, 0.15) is 30.5 Å². The van der Waals surface area contributed by atoms with Crippen LogP contribution in [0.25, 0.3) is 0 Å². The molecule has 106 valence electrons. The Kier molecular flexibility index (Phi) is 4.09. The predicted molar refractivity (Wildman–Crippen MR) is 74.7 cm³/mol. The molecule has 2 heterocycles. The van der Waals surface area contributed by atoms with Gasteiger partial charge in [0.25, 0.3) is 0 Å². The number of hydrogen-bond acceptors (Lipinski definition) is 4. The van der Waals surface area contributed by atoms with Crippen LogP contribution in [-0.2, 0) is 7.05 Å². The molecule has 1 unspecified atom stereocenters. The normalized spacial score (nSPS) is 19.8. The van der Waals surface area contributed by atoms with Crippen LogP contribution in [0.2, 0.25) is 0 Å². The molecule has 1 atom stereocenters. The van der Waals surface area contributed by atoms with Crippen molar-refractivity contribution in [3.63, 3.8) is 0 Å². The second-order valence-corrected chi connectivity index (χ2v) is 5.22. The minimum absolute atomic E-state index is 0.0126. The van der Waals surface area contributed by atoms with E-state index in [1.54, 1.807) is 4.68 Å². The first-order chi connectivity index (χ1) is 9.00. The Labute approximate surface area is 114 Å². The quantitative estimate of drug-likeness (QED) is 0.611. The number of nitrogen functional groups attached to an aromatic ring is 1. The molecule has 1 aromatic rings. The van der Waals surface area contributed by atoms with Gasteiger partial charge in [0.05, 0.1) is 12.3 Å². The van der Waals surface area contributed by atoms with E-state index < -0.39 is 0 Å². The lowest BCUT2D eigenvalue weighted by Crippen LogP contribution is -2.26. The maximum absolute atomic E-state index is 7.60. The van der Waals surface area contributed by atoms with E-state index in [9.17, 15) is 0 Å². The summed E-state index contributed by atoms with van der Waals surface area (Å²) in [4.78, 5) is 2.38. The van der Waals surface area contributed by atoms with Crippen molar-refractivity contribution in [1.82, 2.24) is 14.7 Å². The highest BCUT2D eigenvalue weighted by molar-refractivity contribution is 5.98. The van der Waals surface area contributed by atoms with Crippen LogP contribution in [0, 0.1) is 12.3 Å². The number of amidine groups is 1. The summed E-state index contributed by atoms with van der Waals surface area (Å²) in [5.74, 6) is 0.615. The summed E-state index contributed by atoms with van der Waals surface area (Å²) in [7, 11) is 3.98. The van der Waals surface area contributed by atoms with Crippen molar-refractivity contribution in [2.45, 2.75) is 32.2 Å². The molecule has 0 radical (unpaired) electrons. The van der Waals surface area contributed by atoms with Gasteiger partial charge in [0.1, 0.15) is 11.4 Å². The third-order valence-electron chi connectivity index (χ3n) is 3.80. The zero-order chi connectivity index (χ0) is 14.0. The van der Waals surface area contributed by atoms with Gasteiger partial charge in [0.2, 0.25) is 5.88 Å². The molecule has 1 saturated heterocycles. The summed E-state index contributed by atoms with van der Waals surface area (Å²) < 4.78 is 7.47. The van der Waals surface area contributed by atoms with Crippen molar-refractivity contribution >= 4 is 5.84 Å². The summed E-state index contributed by atoms with van der Waals surface area (Å²) in [6.07, 6.45) is 3.51. The maximum atomic E-state index is 7.60. The molecule has 0 aromatic carbocycles. The van der Waals surface area contributed by atoms with Crippen molar-refractivity contribution in [2.24, 2.45) is 12.8 Å². The molecule has 1 aliphatic rings. The number of nitrogens with one attached hydrogen (secondary N) is 1. The van der Waals surface area contributed by atoms with Gasteiger partial charge in [-0.15, -0.1) is 0 Å². The molecule has 1 aromatic heterocycles. The van der Waals surface area contributed by atoms with Gasteiger partial charge < -0.3 is 15.4 Å². The average molecular weight is 265 g/mol. The Hall–Kier alpha value is -1.56. The number of nitrogens with zero attached hydrogens (tertiary/aromatic N) is 3. The number of aryl methyl sites for hydroxylation is 2. The number of nitrogens with two attached hydrogens (primary N) is 1. The molecule has 0 spiro atoms. The Bertz CT molecular complexity index is 468. The van der Waals surface area contributed by atoms with E-state index in [4.69, 9.17) is 15.9 Å². The van der Waals surface area contributed by atoms with E-state index in [1.807, 2.05) is 14.0 Å². The Morgan fingerprint density at radius 2 is 2.26 bits per heavy atom. The van der Waals surface area contributed by atoms with Gasteiger partial charge in [-0.3, -0.25) is 5.41 Å². The van der Waals surface area contributed by atoms with Crippen molar-refractivity contribution < 1.29 is 4.74 Å². The molecule has 0 saturated carbocycles. The van der Waals surface area contributed by atoms with Crippen molar-refractivity contribution in [2.75, 3.05) is 20.2 Å². The highest BCUT2D eigenvalue weighted by Crippen LogP contribution is 2.22. The lowest BCUT2D eigenvalue weighted by molar-refractivity contribution is 0.222. The van der Waals surface area contributed by atoms with Gasteiger partial charge in [-0.25, -0.2) is 4.68 Å². The highest BCUT2D eigenvalue weighted by atomic mass is 16.5. The molecular weight excluding hydrogens is 242 g/mol. The first-order valence-corrected chi connectivity index (χ1v) is 6.71. The monoisotopic (exact) mass is 265 g/mol. The van der Waals surface area contributed by atoms with Crippen LogP contribution in [0.15, 0.2) is 0 Å².